The fourth-order valence-electron chi connectivity index (χ4n) is 2.21. The minimum atomic E-state index is -0.875. The predicted molar refractivity (Wildman–Crippen MR) is 127 cm³/mol. The molecule has 0 atom stereocenters. The van der Waals surface area contributed by atoms with Crippen LogP contribution in [0.3, 0.4) is 0 Å². The molecule has 0 radical (unpaired) electrons. The molecule has 2 aromatic carbocycles. The summed E-state index contributed by atoms with van der Waals surface area (Å²) in [4.78, 5) is 21.4. The van der Waals surface area contributed by atoms with Gasteiger partial charge in [-0.25, -0.2) is 9.59 Å². The first-order valence-electron chi connectivity index (χ1n) is 10.2. The molecule has 2 aromatic rings. The van der Waals surface area contributed by atoms with E-state index in [0.29, 0.717) is 17.7 Å². The molecule has 0 aliphatic heterocycles. The largest absolute Gasteiger partial charge is 1.00 e. The maximum Gasteiger partial charge on any atom is 1.00 e. The van der Waals surface area contributed by atoms with Crippen molar-refractivity contribution in [1.82, 2.24) is 0 Å². The minimum absolute atomic E-state index is 0. The van der Waals surface area contributed by atoms with E-state index in [0.717, 1.165) is 5.56 Å². The van der Waals surface area contributed by atoms with Gasteiger partial charge in [-0.15, -0.1) is 0 Å². The molecule has 8 heteroatoms. The molecule has 174 valence electrons. The number of alkyl halides is 1. The van der Waals surface area contributed by atoms with Crippen molar-refractivity contribution in [2.24, 2.45) is 0 Å². The molecular weight excluding hydrogens is 503 g/mol. The van der Waals surface area contributed by atoms with Crippen LogP contribution in [-0.4, -0.2) is 39.6 Å². The third-order valence-electron chi connectivity index (χ3n) is 3.91. The van der Waals surface area contributed by atoms with Gasteiger partial charge in [0.25, 0.3) is 0 Å². The molecule has 0 amide bonds. The van der Waals surface area contributed by atoms with Crippen LogP contribution in [-0.2, 0) is 4.74 Å². The van der Waals surface area contributed by atoms with Crippen molar-refractivity contribution in [2.75, 3.05) is 11.9 Å². The summed E-state index contributed by atoms with van der Waals surface area (Å²) in [5.74, 6) is -1.10. The summed E-state index contributed by atoms with van der Waals surface area (Å²) in [7, 11) is 0. The van der Waals surface area contributed by atoms with Gasteiger partial charge < -0.3 is 20.4 Å². The van der Waals surface area contributed by atoms with Gasteiger partial charge in [-0.3, -0.25) is 0 Å². The Morgan fingerprint density at radius 1 is 0.875 bits per heavy atom. The molecule has 32 heavy (non-hydrogen) atoms. The number of phenolic OH excluding ortho intramolecular Hbond substituents is 1. The van der Waals surface area contributed by atoms with E-state index in [1.54, 1.807) is 31.2 Å². The molecular formula is C24H34BrKO6. The first kappa shape index (κ1) is 35.8. The Kier molecular flexibility index (Phi) is 26.2. The molecule has 0 saturated carbocycles. The normalized spacial score (nSPS) is 8.88. The van der Waals surface area contributed by atoms with Gasteiger partial charge in [0.1, 0.15) is 5.75 Å². The number of carboxylic acid groups (broad SMARTS) is 1. The van der Waals surface area contributed by atoms with Crippen molar-refractivity contribution in [3.05, 3.63) is 65.2 Å². The molecule has 0 fully saturated rings. The summed E-state index contributed by atoms with van der Waals surface area (Å²) < 4.78 is 4.75. The Labute approximate surface area is 242 Å². The van der Waals surface area contributed by atoms with E-state index in [9.17, 15) is 9.59 Å². The molecule has 0 unspecified atom stereocenters. The average molecular weight is 538 g/mol. The molecule has 2 rings (SSSR count). The Balaban J connectivity index is -0.000000390. The molecule has 0 spiro atoms. The third-order valence-corrected chi connectivity index (χ3v) is 4.47. The second-order valence-corrected chi connectivity index (χ2v) is 7.33. The number of aromatic carboxylic acids is 1. The fourth-order valence-corrected chi connectivity index (χ4v) is 2.60. The van der Waals surface area contributed by atoms with E-state index in [2.05, 4.69) is 22.9 Å². The molecule has 0 aliphatic rings. The number of ether oxygens (including phenoxy) is 1. The second kappa shape index (κ2) is 23.4. The molecule has 0 aromatic heterocycles. The quantitative estimate of drug-likeness (QED) is 0.231. The number of hydrogen-bond donors (Lipinski definition) is 2. The zero-order valence-electron chi connectivity index (χ0n) is 19.5. The number of esters is 1. The maximum atomic E-state index is 11.1. The summed E-state index contributed by atoms with van der Waals surface area (Å²) >= 11 is 3.40. The van der Waals surface area contributed by atoms with Crippen molar-refractivity contribution in [3.63, 3.8) is 0 Å². The number of halogens is 1. The summed E-state index contributed by atoms with van der Waals surface area (Å²) in [5.41, 5.74) is 1.87. The first-order chi connectivity index (χ1) is 14.3. The Hall–Kier alpha value is -0.744. The van der Waals surface area contributed by atoms with Crippen molar-refractivity contribution < 1.29 is 81.4 Å². The van der Waals surface area contributed by atoms with Gasteiger partial charge in [-0.05, 0) is 56.7 Å². The third kappa shape index (κ3) is 18.8. The summed E-state index contributed by atoms with van der Waals surface area (Å²) in [6.45, 7) is 6.28. The van der Waals surface area contributed by atoms with Crippen molar-refractivity contribution in [2.45, 2.75) is 52.9 Å². The van der Waals surface area contributed by atoms with Crippen LogP contribution in [0, 0.1) is 6.92 Å². The summed E-state index contributed by atoms with van der Waals surface area (Å²) in [6.07, 6.45) is 6.93. The number of hydrogen-bond acceptors (Lipinski definition) is 5. The summed E-state index contributed by atoms with van der Waals surface area (Å²) in [5, 5.41) is 18.6. The van der Waals surface area contributed by atoms with Gasteiger partial charge in [0.2, 0.25) is 0 Å². The van der Waals surface area contributed by atoms with Crippen LogP contribution in [0.25, 0.3) is 0 Å². The second-order valence-electron chi connectivity index (χ2n) is 6.54. The average Bonchev–Trinajstić information content (AvgIpc) is 2.73. The Morgan fingerprint density at radius 2 is 1.38 bits per heavy atom. The molecule has 6 nitrogen and oxygen atoms in total. The number of unbranched alkanes of at least 4 members (excludes halogenated alkanes) is 4. The predicted octanol–water partition coefficient (Wildman–Crippen LogP) is 3.44. The van der Waals surface area contributed by atoms with Crippen LogP contribution in [0.1, 0.15) is 72.2 Å². The van der Waals surface area contributed by atoms with E-state index in [4.69, 9.17) is 14.9 Å². The van der Waals surface area contributed by atoms with Crippen molar-refractivity contribution in [1.29, 1.82) is 0 Å². The van der Waals surface area contributed by atoms with Crippen LogP contribution >= 0.6 is 15.9 Å². The molecule has 0 aliphatic carbocycles. The number of benzene rings is 2. The van der Waals surface area contributed by atoms with E-state index in [1.165, 1.54) is 61.7 Å². The van der Waals surface area contributed by atoms with Gasteiger partial charge in [0, 0.05) is 5.33 Å². The minimum Gasteiger partial charge on any atom is -0.870 e. The number of aryl methyl sites for hydroxylation is 1. The smallest absolute Gasteiger partial charge is 0.870 e. The van der Waals surface area contributed by atoms with E-state index in [-0.39, 0.29) is 68.6 Å². The molecule has 0 bridgehead atoms. The number of rotatable bonds is 8. The van der Waals surface area contributed by atoms with E-state index < -0.39 is 5.97 Å². The Morgan fingerprint density at radius 3 is 1.81 bits per heavy atom. The summed E-state index contributed by atoms with van der Waals surface area (Å²) in [6, 6.07) is 12.7. The monoisotopic (exact) mass is 536 g/mol. The SMILES string of the molecule is CCCCCCCBr.CCOC(=O)c1ccc(O)cc1.Cc1ccc(C(=O)O)cc1.[K+].[OH-]. The van der Waals surface area contributed by atoms with Crippen LogP contribution in [0.4, 0.5) is 0 Å². The van der Waals surface area contributed by atoms with Crippen molar-refractivity contribution >= 4 is 27.9 Å². The first-order valence-corrected chi connectivity index (χ1v) is 11.3. The molecule has 3 N–H and O–H groups in total. The topological polar surface area (TPSA) is 114 Å². The van der Waals surface area contributed by atoms with Crippen molar-refractivity contribution in [3.8, 4) is 5.75 Å². The van der Waals surface area contributed by atoms with Gasteiger partial charge in [-0.2, -0.15) is 0 Å². The number of carboxylic acids is 1. The van der Waals surface area contributed by atoms with Gasteiger partial charge in [0.15, 0.2) is 0 Å². The number of phenols is 1. The Bertz CT molecular complexity index is 714. The zero-order chi connectivity index (χ0) is 22.8. The van der Waals surface area contributed by atoms with Crippen LogP contribution < -0.4 is 51.4 Å². The van der Waals surface area contributed by atoms with E-state index in [1.807, 2.05) is 6.92 Å². The molecule has 0 saturated heterocycles. The number of aromatic hydroxyl groups is 1. The maximum absolute atomic E-state index is 11.1. The van der Waals surface area contributed by atoms with Gasteiger partial charge in [-0.1, -0.05) is 66.2 Å². The zero-order valence-corrected chi connectivity index (χ0v) is 24.2. The van der Waals surface area contributed by atoms with Crippen LogP contribution in [0.2, 0.25) is 0 Å². The van der Waals surface area contributed by atoms with Crippen LogP contribution in [0.5, 0.6) is 5.75 Å². The van der Waals surface area contributed by atoms with E-state index >= 15 is 0 Å². The standard InChI is InChI=1S/C9H10O3.C8H8O2.C7H15Br.K.H2O/c1-2-12-9(11)7-3-5-8(10)6-4-7;1-6-2-4-7(5-3-6)8(9)10;1-2-3-4-5-6-7-8;;/h3-6,10H,2H2,1H3;2-5H,1H3,(H,9,10);2-7H2,1H3;;1H2/q;;;+1;/p-1. The van der Waals surface area contributed by atoms with Gasteiger partial charge >= 0.3 is 63.3 Å². The fraction of sp³-hybridized carbons (Fsp3) is 0.417. The molecule has 0 heterocycles. The van der Waals surface area contributed by atoms with Crippen LogP contribution in [0.15, 0.2) is 48.5 Å². The number of carbonyl (C=O) groups is 2. The number of carbonyl (C=O) groups excluding carboxylic acids is 1. The van der Waals surface area contributed by atoms with Gasteiger partial charge in [0.05, 0.1) is 17.7 Å².